The zero-order valence-electron chi connectivity index (χ0n) is 9.63. The molecule has 2 aliphatic heterocycles. The fraction of sp³-hybridized carbons (Fsp3) is 1.00. The third-order valence-electron chi connectivity index (χ3n) is 4.63. The van der Waals surface area contributed by atoms with Gasteiger partial charge in [-0.05, 0) is 63.3 Å². The summed E-state index contributed by atoms with van der Waals surface area (Å²) in [5.74, 6) is 1.95. The van der Waals surface area contributed by atoms with Gasteiger partial charge in [-0.2, -0.15) is 0 Å². The monoisotopic (exact) mass is 209 g/mol. The number of rotatable bonds is 3. The van der Waals surface area contributed by atoms with Crippen LogP contribution in [-0.2, 0) is 4.74 Å². The zero-order valence-corrected chi connectivity index (χ0v) is 9.63. The Morgan fingerprint density at radius 2 is 1.93 bits per heavy atom. The molecule has 1 atom stereocenters. The summed E-state index contributed by atoms with van der Waals surface area (Å²) in [4.78, 5) is 0. The minimum atomic E-state index is 0.558. The van der Waals surface area contributed by atoms with Gasteiger partial charge in [0.25, 0.3) is 0 Å². The molecule has 15 heavy (non-hydrogen) atoms. The van der Waals surface area contributed by atoms with Crippen molar-refractivity contribution < 1.29 is 4.74 Å². The molecule has 0 aromatic rings. The summed E-state index contributed by atoms with van der Waals surface area (Å²) in [7, 11) is 0. The summed E-state index contributed by atoms with van der Waals surface area (Å²) in [5.41, 5.74) is 0.558. The van der Waals surface area contributed by atoms with E-state index in [1.165, 1.54) is 51.5 Å². The van der Waals surface area contributed by atoms with Gasteiger partial charge in [-0.3, -0.25) is 0 Å². The first-order valence-electron chi connectivity index (χ1n) is 6.72. The van der Waals surface area contributed by atoms with Gasteiger partial charge in [0.05, 0.1) is 0 Å². The Kier molecular flexibility index (Phi) is 2.73. The SMILES string of the molecule is C1CNC(CC2CCOCC2)(C2CC2)C1. The third-order valence-corrected chi connectivity index (χ3v) is 4.63. The van der Waals surface area contributed by atoms with Crippen LogP contribution in [0.5, 0.6) is 0 Å². The lowest BCUT2D eigenvalue weighted by atomic mass is 9.79. The van der Waals surface area contributed by atoms with Gasteiger partial charge in [-0.25, -0.2) is 0 Å². The highest BCUT2D eigenvalue weighted by Gasteiger charge is 2.47. The molecule has 3 rings (SSSR count). The van der Waals surface area contributed by atoms with Crippen molar-refractivity contribution in [3.05, 3.63) is 0 Å². The van der Waals surface area contributed by atoms with Gasteiger partial charge in [-0.1, -0.05) is 0 Å². The molecule has 3 aliphatic rings. The molecule has 2 nitrogen and oxygen atoms in total. The summed E-state index contributed by atoms with van der Waals surface area (Å²) in [6.07, 6.45) is 9.84. The average molecular weight is 209 g/mol. The second-order valence-corrected chi connectivity index (χ2v) is 5.72. The molecular weight excluding hydrogens is 186 g/mol. The van der Waals surface area contributed by atoms with Crippen molar-refractivity contribution in [2.75, 3.05) is 19.8 Å². The Morgan fingerprint density at radius 1 is 1.13 bits per heavy atom. The molecule has 0 spiro atoms. The number of hydrogen-bond acceptors (Lipinski definition) is 2. The van der Waals surface area contributed by atoms with Crippen LogP contribution < -0.4 is 5.32 Å². The molecule has 3 fully saturated rings. The van der Waals surface area contributed by atoms with E-state index < -0.39 is 0 Å². The molecule has 2 heterocycles. The third kappa shape index (κ3) is 2.07. The van der Waals surface area contributed by atoms with Crippen molar-refractivity contribution in [2.45, 2.75) is 50.5 Å². The quantitative estimate of drug-likeness (QED) is 0.770. The standard InChI is InChI=1S/C13H23NO/c1-6-13(14-7-1,12-2-3-12)10-11-4-8-15-9-5-11/h11-12,14H,1-10H2. The van der Waals surface area contributed by atoms with E-state index in [4.69, 9.17) is 4.74 Å². The van der Waals surface area contributed by atoms with Crippen molar-refractivity contribution in [1.29, 1.82) is 0 Å². The minimum absolute atomic E-state index is 0.558. The second-order valence-electron chi connectivity index (χ2n) is 5.72. The Bertz CT molecular complexity index is 213. The summed E-state index contributed by atoms with van der Waals surface area (Å²) < 4.78 is 5.45. The topological polar surface area (TPSA) is 21.3 Å². The van der Waals surface area contributed by atoms with E-state index >= 15 is 0 Å². The Morgan fingerprint density at radius 3 is 2.53 bits per heavy atom. The molecule has 0 aromatic heterocycles. The van der Waals surface area contributed by atoms with Crippen LogP contribution in [0.1, 0.15) is 44.9 Å². The first kappa shape index (κ1) is 10.1. The highest BCUT2D eigenvalue weighted by Crippen LogP contribution is 2.48. The van der Waals surface area contributed by atoms with E-state index in [2.05, 4.69) is 5.32 Å². The second kappa shape index (κ2) is 4.06. The summed E-state index contributed by atoms with van der Waals surface area (Å²) in [6, 6.07) is 0. The van der Waals surface area contributed by atoms with Crippen molar-refractivity contribution in [3.63, 3.8) is 0 Å². The smallest absolute Gasteiger partial charge is 0.0468 e. The lowest BCUT2D eigenvalue weighted by Crippen LogP contribution is -2.44. The molecule has 0 bridgehead atoms. The lowest BCUT2D eigenvalue weighted by molar-refractivity contribution is 0.0522. The molecule has 1 aliphatic carbocycles. The van der Waals surface area contributed by atoms with Gasteiger partial charge in [-0.15, -0.1) is 0 Å². The molecule has 1 N–H and O–H groups in total. The van der Waals surface area contributed by atoms with E-state index in [0.29, 0.717) is 5.54 Å². The van der Waals surface area contributed by atoms with Gasteiger partial charge in [0.15, 0.2) is 0 Å². The number of ether oxygens (including phenoxy) is 1. The molecule has 2 saturated heterocycles. The molecule has 86 valence electrons. The number of nitrogens with one attached hydrogen (secondary N) is 1. The highest BCUT2D eigenvalue weighted by atomic mass is 16.5. The van der Waals surface area contributed by atoms with E-state index in [1.807, 2.05) is 0 Å². The summed E-state index contributed by atoms with van der Waals surface area (Å²) >= 11 is 0. The van der Waals surface area contributed by atoms with Gasteiger partial charge < -0.3 is 10.1 Å². The highest BCUT2D eigenvalue weighted by molar-refractivity contribution is 5.04. The molecular formula is C13H23NO. The van der Waals surface area contributed by atoms with Crippen LogP contribution in [-0.4, -0.2) is 25.3 Å². The first-order chi connectivity index (χ1) is 7.39. The molecule has 0 amide bonds. The van der Waals surface area contributed by atoms with Crippen LogP contribution in [0.4, 0.5) is 0 Å². The molecule has 0 radical (unpaired) electrons. The van der Waals surface area contributed by atoms with Gasteiger partial charge >= 0.3 is 0 Å². The maximum Gasteiger partial charge on any atom is 0.0468 e. The predicted octanol–water partition coefficient (Wildman–Crippen LogP) is 2.34. The maximum atomic E-state index is 5.45. The van der Waals surface area contributed by atoms with Gasteiger partial charge in [0, 0.05) is 18.8 Å². The van der Waals surface area contributed by atoms with Crippen LogP contribution in [0.25, 0.3) is 0 Å². The zero-order chi connectivity index (χ0) is 10.1. The summed E-state index contributed by atoms with van der Waals surface area (Å²) in [5, 5.41) is 3.84. The molecule has 1 saturated carbocycles. The van der Waals surface area contributed by atoms with Crippen molar-refractivity contribution in [2.24, 2.45) is 11.8 Å². The maximum absolute atomic E-state index is 5.45. The fourth-order valence-electron chi connectivity index (χ4n) is 3.62. The van der Waals surface area contributed by atoms with Crippen LogP contribution >= 0.6 is 0 Å². The number of hydrogen-bond donors (Lipinski definition) is 1. The van der Waals surface area contributed by atoms with Crippen molar-refractivity contribution >= 4 is 0 Å². The Balaban J connectivity index is 1.62. The summed E-state index contributed by atoms with van der Waals surface area (Å²) in [6.45, 7) is 3.27. The van der Waals surface area contributed by atoms with Crippen molar-refractivity contribution in [1.82, 2.24) is 5.32 Å². The van der Waals surface area contributed by atoms with Crippen LogP contribution in [0.15, 0.2) is 0 Å². The lowest BCUT2D eigenvalue weighted by Gasteiger charge is -2.35. The fourth-order valence-corrected chi connectivity index (χ4v) is 3.62. The Hall–Kier alpha value is -0.0800. The largest absolute Gasteiger partial charge is 0.381 e. The van der Waals surface area contributed by atoms with Crippen LogP contribution in [0.2, 0.25) is 0 Å². The van der Waals surface area contributed by atoms with E-state index in [0.717, 1.165) is 25.0 Å². The van der Waals surface area contributed by atoms with Crippen molar-refractivity contribution in [3.8, 4) is 0 Å². The van der Waals surface area contributed by atoms with Crippen LogP contribution in [0, 0.1) is 11.8 Å². The average Bonchev–Trinajstić information content (AvgIpc) is 3.03. The van der Waals surface area contributed by atoms with E-state index in [9.17, 15) is 0 Å². The molecule has 0 aromatic carbocycles. The molecule has 1 unspecified atom stereocenters. The predicted molar refractivity (Wildman–Crippen MR) is 60.9 cm³/mol. The van der Waals surface area contributed by atoms with E-state index in [-0.39, 0.29) is 0 Å². The van der Waals surface area contributed by atoms with Gasteiger partial charge in [0.2, 0.25) is 0 Å². The Labute approximate surface area is 92.8 Å². The normalized spacial score (nSPS) is 38.4. The van der Waals surface area contributed by atoms with E-state index in [1.54, 1.807) is 0 Å². The minimum Gasteiger partial charge on any atom is -0.381 e. The first-order valence-corrected chi connectivity index (χ1v) is 6.72. The molecule has 2 heteroatoms. The van der Waals surface area contributed by atoms with Gasteiger partial charge in [0.1, 0.15) is 0 Å². The van der Waals surface area contributed by atoms with Crippen LogP contribution in [0.3, 0.4) is 0 Å².